The molecule has 26 heavy (non-hydrogen) atoms. The number of benzene rings is 1. The van der Waals surface area contributed by atoms with E-state index in [2.05, 4.69) is 31.7 Å². The maximum Gasteiger partial charge on any atom is 0.286 e. The molecule has 134 valence electrons. The first-order valence-corrected chi connectivity index (χ1v) is 8.84. The van der Waals surface area contributed by atoms with Crippen molar-refractivity contribution in [3.05, 3.63) is 65.3 Å². The highest BCUT2D eigenvalue weighted by Gasteiger charge is 2.10. The minimum atomic E-state index is -0.287. The number of para-hydroxylation sites is 2. The summed E-state index contributed by atoms with van der Waals surface area (Å²) in [7, 11) is 0. The van der Waals surface area contributed by atoms with Gasteiger partial charge in [-0.1, -0.05) is 12.1 Å². The van der Waals surface area contributed by atoms with Gasteiger partial charge in [-0.3, -0.25) is 9.59 Å². The number of nitrogens with zero attached hydrogens (tertiary/aromatic N) is 2. The van der Waals surface area contributed by atoms with Gasteiger partial charge in [-0.15, -0.1) is 0 Å². The number of hydrogen-bond acceptors (Lipinski definition) is 4. The third-order valence-corrected chi connectivity index (χ3v) is 4.00. The van der Waals surface area contributed by atoms with Crippen LogP contribution in [-0.2, 0) is 4.79 Å². The van der Waals surface area contributed by atoms with Crippen molar-refractivity contribution < 1.29 is 14.0 Å². The number of nitrogens with one attached hydrogen (secondary N) is 2. The highest BCUT2D eigenvalue weighted by molar-refractivity contribution is 9.10. The minimum absolute atomic E-state index is 0.129. The Balaban J connectivity index is 1.50. The van der Waals surface area contributed by atoms with Gasteiger partial charge in [-0.05, 0) is 46.6 Å². The van der Waals surface area contributed by atoms with E-state index in [-0.39, 0.29) is 24.0 Å². The fraction of sp³-hybridized carbons (Fsp3) is 0.167. The van der Waals surface area contributed by atoms with E-state index in [9.17, 15) is 9.59 Å². The van der Waals surface area contributed by atoms with Crippen LogP contribution in [0.4, 0.5) is 5.69 Å². The average Bonchev–Trinajstić information content (AvgIpc) is 3.31. The molecule has 0 saturated carbocycles. The first-order chi connectivity index (χ1) is 12.6. The van der Waals surface area contributed by atoms with Crippen molar-refractivity contribution >= 4 is 33.4 Å². The second kappa shape index (κ2) is 8.48. The lowest BCUT2D eigenvalue weighted by Gasteiger charge is -2.11. The van der Waals surface area contributed by atoms with E-state index >= 15 is 0 Å². The summed E-state index contributed by atoms with van der Waals surface area (Å²) >= 11 is 3.36. The van der Waals surface area contributed by atoms with E-state index in [0.717, 1.165) is 10.2 Å². The monoisotopic (exact) mass is 416 g/mol. The molecule has 8 heteroatoms. The number of aromatic nitrogens is 2. The van der Waals surface area contributed by atoms with Crippen LogP contribution >= 0.6 is 15.9 Å². The molecule has 0 fully saturated rings. The van der Waals surface area contributed by atoms with Crippen molar-refractivity contribution in [2.75, 3.05) is 11.9 Å². The summed E-state index contributed by atoms with van der Waals surface area (Å²) in [6, 6.07) is 10.7. The van der Waals surface area contributed by atoms with Crippen molar-refractivity contribution in [2.24, 2.45) is 0 Å². The zero-order valence-corrected chi connectivity index (χ0v) is 15.4. The Morgan fingerprint density at radius 2 is 2.04 bits per heavy atom. The van der Waals surface area contributed by atoms with Gasteiger partial charge in [0.25, 0.3) is 5.91 Å². The van der Waals surface area contributed by atoms with Crippen LogP contribution in [0.15, 0.2) is 63.9 Å². The van der Waals surface area contributed by atoms with Crippen molar-refractivity contribution in [3.63, 3.8) is 0 Å². The summed E-state index contributed by atoms with van der Waals surface area (Å²) in [6.07, 6.45) is 5.75. The Bertz CT molecular complexity index is 889. The molecule has 0 aliphatic carbocycles. The molecule has 3 rings (SSSR count). The van der Waals surface area contributed by atoms with E-state index in [4.69, 9.17) is 4.42 Å². The normalized spacial score (nSPS) is 10.5. The second-order valence-electron chi connectivity index (χ2n) is 5.51. The molecule has 2 N–H and O–H groups in total. The molecule has 3 aromatic rings. The Kier molecular flexibility index (Phi) is 5.85. The van der Waals surface area contributed by atoms with Crippen LogP contribution in [0.2, 0.25) is 0 Å². The molecular weight excluding hydrogens is 400 g/mol. The van der Waals surface area contributed by atoms with E-state index < -0.39 is 0 Å². The molecule has 0 saturated heterocycles. The van der Waals surface area contributed by atoms with E-state index in [1.807, 2.05) is 30.5 Å². The smallest absolute Gasteiger partial charge is 0.286 e. The van der Waals surface area contributed by atoms with Gasteiger partial charge < -0.3 is 15.1 Å². The largest absolute Gasteiger partial charge is 0.459 e. The van der Waals surface area contributed by atoms with E-state index in [1.165, 1.54) is 6.26 Å². The van der Waals surface area contributed by atoms with Crippen molar-refractivity contribution in [1.82, 2.24) is 15.1 Å². The van der Waals surface area contributed by atoms with Gasteiger partial charge in [0.15, 0.2) is 5.76 Å². The number of carbonyl (C=O) groups is 2. The highest BCUT2D eigenvalue weighted by atomic mass is 79.9. The first kappa shape index (κ1) is 17.9. The number of rotatable bonds is 7. The lowest BCUT2D eigenvalue weighted by molar-refractivity contribution is -0.116. The number of carbonyl (C=O) groups excluding carboxylic acids is 2. The number of anilines is 1. The van der Waals surface area contributed by atoms with Gasteiger partial charge in [0, 0.05) is 19.2 Å². The average molecular weight is 417 g/mol. The molecule has 0 atom stereocenters. The fourth-order valence-corrected chi connectivity index (χ4v) is 2.66. The molecule has 0 radical (unpaired) electrons. The molecular formula is C18H17BrN4O3. The molecule has 2 heterocycles. The van der Waals surface area contributed by atoms with Gasteiger partial charge >= 0.3 is 0 Å². The summed E-state index contributed by atoms with van der Waals surface area (Å²) in [5.74, 6) is -0.158. The molecule has 7 nitrogen and oxygen atoms in total. The number of halogens is 1. The second-order valence-corrected chi connectivity index (χ2v) is 6.42. The predicted octanol–water partition coefficient (Wildman–Crippen LogP) is 3.38. The standard InChI is InChI=1S/C18H17BrN4O3/c19-13-11-21-23(12-13)15-6-2-1-5-14(15)22-17(24)8-3-9-20-18(25)16-7-4-10-26-16/h1-2,4-7,10-12H,3,8-9H2,(H,20,25)(H,22,24). The van der Waals surface area contributed by atoms with Gasteiger partial charge in [0.2, 0.25) is 5.91 Å². The summed E-state index contributed by atoms with van der Waals surface area (Å²) in [4.78, 5) is 23.9. The predicted molar refractivity (Wildman–Crippen MR) is 100 cm³/mol. The summed E-state index contributed by atoms with van der Waals surface area (Å²) in [5.41, 5.74) is 1.45. The number of hydrogen-bond donors (Lipinski definition) is 2. The summed E-state index contributed by atoms with van der Waals surface area (Å²) in [6.45, 7) is 0.390. The summed E-state index contributed by atoms with van der Waals surface area (Å²) < 4.78 is 7.54. The van der Waals surface area contributed by atoms with Crippen LogP contribution in [0.3, 0.4) is 0 Å². The number of amides is 2. The van der Waals surface area contributed by atoms with Crippen LogP contribution in [0.5, 0.6) is 0 Å². The van der Waals surface area contributed by atoms with Gasteiger partial charge in [0.1, 0.15) is 0 Å². The number of furan rings is 1. The van der Waals surface area contributed by atoms with E-state index in [1.54, 1.807) is 23.0 Å². The molecule has 0 spiro atoms. The van der Waals surface area contributed by atoms with Gasteiger partial charge in [-0.25, -0.2) is 4.68 Å². The zero-order valence-electron chi connectivity index (χ0n) is 13.8. The Morgan fingerprint density at radius 3 is 2.77 bits per heavy atom. The third-order valence-electron chi connectivity index (χ3n) is 3.59. The van der Waals surface area contributed by atoms with Gasteiger partial charge in [-0.2, -0.15) is 5.10 Å². The quantitative estimate of drug-likeness (QED) is 0.577. The fourth-order valence-electron chi connectivity index (χ4n) is 2.37. The highest BCUT2D eigenvalue weighted by Crippen LogP contribution is 2.21. The summed E-state index contributed by atoms with van der Waals surface area (Å²) in [5, 5.41) is 9.84. The lowest BCUT2D eigenvalue weighted by Crippen LogP contribution is -2.25. The Hall–Kier alpha value is -2.87. The SMILES string of the molecule is O=C(CCCNC(=O)c1ccco1)Nc1ccccc1-n1cc(Br)cn1. The molecule has 1 aromatic carbocycles. The van der Waals surface area contributed by atoms with Crippen LogP contribution in [0.25, 0.3) is 5.69 Å². The maximum atomic E-state index is 12.2. The topological polar surface area (TPSA) is 89.2 Å². The minimum Gasteiger partial charge on any atom is -0.459 e. The first-order valence-electron chi connectivity index (χ1n) is 8.04. The molecule has 0 aliphatic heterocycles. The zero-order chi connectivity index (χ0) is 18.4. The van der Waals surface area contributed by atoms with Gasteiger partial charge in [0.05, 0.1) is 28.3 Å². The molecule has 0 unspecified atom stereocenters. The van der Waals surface area contributed by atoms with Crippen LogP contribution < -0.4 is 10.6 Å². The molecule has 2 aromatic heterocycles. The molecule has 0 aliphatic rings. The third kappa shape index (κ3) is 4.60. The van der Waals surface area contributed by atoms with Crippen LogP contribution in [0.1, 0.15) is 23.4 Å². The van der Waals surface area contributed by atoms with Crippen LogP contribution in [0, 0.1) is 0 Å². The molecule has 0 bridgehead atoms. The van der Waals surface area contributed by atoms with Crippen molar-refractivity contribution in [3.8, 4) is 5.69 Å². The Labute approximate surface area is 158 Å². The maximum absolute atomic E-state index is 12.2. The Morgan fingerprint density at radius 1 is 1.19 bits per heavy atom. The van der Waals surface area contributed by atoms with E-state index in [0.29, 0.717) is 18.7 Å². The molecule has 2 amide bonds. The van der Waals surface area contributed by atoms with Crippen LogP contribution in [-0.4, -0.2) is 28.1 Å². The lowest BCUT2D eigenvalue weighted by atomic mass is 10.2. The van der Waals surface area contributed by atoms with Crippen molar-refractivity contribution in [2.45, 2.75) is 12.8 Å². The van der Waals surface area contributed by atoms with Crippen molar-refractivity contribution in [1.29, 1.82) is 0 Å².